The van der Waals surface area contributed by atoms with Crippen molar-refractivity contribution in [3.8, 4) is 16.9 Å². The minimum absolute atomic E-state index is 0.0375. The molecule has 1 aliphatic rings. The van der Waals surface area contributed by atoms with Gasteiger partial charge >= 0.3 is 0 Å². The van der Waals surface area contributed by atoms with Crippen molar-refractivity contribution < 1.29 is 28.2 Å². The van der Waals surface area contributed by atoms with Crippen molar-refractivity contribution in [3.63, 3.8) is 0 Å². The molecule has 6 nitrogen and oxygen atoms in total. The summed E-state index contributed by atoms with van der Waals surface area (Å²) in [5.74, 6) is -0.989. The molecule has 0 unspecified atom stereocenters. The van der Waals surface area contributed by atoms with Crippen molar-refractivity contribution in [3.05, 3.63) is 161 Å². The number of amides is 1. The lowest BCUT2D eigenvalue weighted by Gasteiger charge is -2.31. The van der Waals surface area contributed by atoms with Gasteiger partial charge in [-0.3, -0.25) is 4.79 Å². The number of rotatable bonds is 12. The fourth-order valence-corrected chi connectivity index (χ4v) is 5.66. The molecule has 8 heteroatoms. The Kier molecular flexibility index (Phi) is 9.69. The lowest BCUT2D eigenvalue weighted by molar-refractivity contribution is -0.129. The van der Waals surface area contributed by atoms with E-state index in [9.17, 15) is 13.6 Å². The van der Waals surface area contributed by atoms with Crippen LogP contribution in [0.5, 0.6) is 5.75 Å². The van der Waals surface area contributed by atoms with Crippen molar-refractivity contribution >= 4 is 11.8 Å². The second kappa shape index (κ2) is 14.4. The Bertz CT molecular complexity index is 1830. The molecule has 1 amide bonds. The average Bonchev–Trinajstić information content (AvgIpc) is 3.49. The monoisotopic (exact) mass is 632 g/mol. The van der Waals surface area contributed by atoms with E-state index in [1.807, 2.05) is 97.1 Å². The Morgan fingerprint density at radius 1 is 0.830 bits per heavy atom. The summed E-state index contributed by atoms with van der Waals surface area (Å²) in [6, 6.07) is 37.9. The molecule has 2 atom stereocenters. The van der Waals surface area contributed by atoms with Crippen LogP contribution in [0.2, 0.25) is 0 Å². The van der Waals surface area contributed by atoms with Crippen LogP contribution >= 0.6 is 0 Å². The second-order valence-corrected chi connectivity index (χ2v) is 11.4. The molecule has 2 N–H and O–H groups in total. The van der Waals surface area contributed by atoms with Crippen LogP contribution in [0, 0.1) is 11.6 Å². The molecule has 6 rings (SSSR count). The van der Waals surface area contributed by atoms with Crippen LogP contribution in [0.4, 0.5) is 8.78 Å². The number of hydrogen-bond acceptors (Lipinski definition) is 5. The fourth-order valence-electron chi connectivity index (χ4n) is 5.66. The van der Waals surface area contributed by atoms with E-state index in [1.54, 1.807) is 12.1 Å². The number of aliphatic hydroxyl groups excluding tert-OH is 1. The van der Waals surface area contributed by atoms with E-state index in [0.717, 1.165) is 34.4 Å². The number of halogens is 2. The van der Waals surface area contributed by atoms with Gasteiger partial charge in [-0.05, 0) is 52.6 Å². The van der Waals surface area contributed by atoms with E-state index < -0.39 is 29.2 Å². The van der Waals surface area contributed by atoms with E-state index in [2.05, 4.69) is 5.32 Å². The summed E-state index contributed by atoms with van der Waals surface area (Å²) in [6.45, 7) is 0.255. The number of hydrogen-bond donors (Lipinski definition) is 2. The lowest BCUT2D eigenvalue weighted by Crippen LogP contribution is -2.49. The van der Waals surface area contributed by atoms with Crippen LogP contribution in [-0.4, -0.2) is 35.7 Å². The third kappa shape index (κ3) is 7.23. The average molecular weight is 633 g/mol. The Morgan fingerprint density at radius 3 is 2.17 bits per heavy atom. The molecule has 0 radical (unpaired) electrons. The van der Waals surface area contributed by atoms with Crippen molar-refractivity contribution in [2.45, 2.75) is 31.0 Å². The highest BCUT2D eigenvalue weighted by molar-refractivity contribution is 6.01. The van der Waals surface area contributed by atoms with Gasteiger partial charge in [-0.15, -0.1) is 0 Å². The largest absolute Gasteiger partial charge is 0.494 e. The van der Waals surface area contributed by atoms with Crippen LogP contribution in [0.3, 0.4) is 0 Å². The van der Waals surface area contributed by atoms with Crippen molar-refractivity contribution in [1.82, 2.24) is 5.32 Å². The first-order valence-electron chi connectivity index (χ1n) is 15.5. The second-order valence-electron chi connectivity index (χ2n) is 11.4. The summed E-state index contributed by atoms with van der Waals surface area (Å²) in [5.41, 5.74) is 3.00. The van der Waals surface area contributed by atoms with Gasteiger partial charge in [0.2, 0.25) is 5.90 Å². The molecule has 238 valence electrons. The molecule has 0 saturated carbocycles. The third-order valence-electron chi connectivity index (χ3n) is 8.12. The molecule has 5 aromatic rings. The summed E-state index contributed by atoms with van der Waals surface area (Å²) < 4.78 is 40.5. The van der Waals surface area contributed by atoms with Gasteiger partial charge in [0.15, 0.2) is 11.6 Å². The first kappa shape index (κ1) is 31.6. The van der Waals surface area contributed by atoms with Gasteiger partial charge in [0, 0.05) is 43.2 Å². The van der Waals surface area contributed by atoms with Crippen molar-refractivity contribution in [2.24, 2.45) is 4.99 Å². The lowest BCUT2D eigenvalue weighted by atomic mass is 9.81. The molecule has 0 saturated heterocycles. The molecule has 1 aliphatic heterocycles. The smallest absolute Gasteiger partial charge is 0.252 e. The van der Waals surface area contributed by atoms with Gasteiger partial charge in [-0.25, -0.2) is 13.8 Å². The first-order valence-corrected chi connectivity index (χ1v) is 15.5. The predicted octanol–water partition coefficient (Wildman–Crippen LogP) is 7.21. The number of nitrogens with one attached hydrogen (secondary N) is 1. The van der Waals surface area contributed by atoms with Gasteiger partial charge in [0.25, 0.3) is 5.91 Å². The van der Waals surface area contributed by atoms with Gasteiger partial charge in [0.1, 0.15) is 17.4 Å². The number of carbonyl (C=O) groups excluding carboxylic acids is 1. The summed E-state index contributed by atoms with van der Waals surface area (Å²) in [4.78, 5) is 19.5. The highest BCUT2D eigenvalue weighted by Crippen LogP contribution is 2.43. The van der Waals surface area contributed by atoms with Crippen LogP contribution in [-0.2, 0) is 22.5 Å². The number of nitrogens with zero attached hydrogens (tertiary/aromatic N) is 1. The van der Waals surface area contributed by atoms with Crippen LogP contribution in [0.25, 0.3) is 11.1 Å². The van der Waals surface area contributed by atoms with Crippen molar-refractivity contribution in [1.29, 1.82) is 0 Å². The van der Waals surface area contributed by atoms with Crippen LogP contribution < -0.4 is 10.1 Å². The highest BCUT2D eigenvalue weighted by atomic mass is 19.1. The van der Waals surface area contributed by atoms with E-state index in [1.165, 1.54) is 6.07 Å². The van der Waals surface area contributed by atoms with Gasteiger partial charge in [-0.1, -0.05) is 91.0 Å². The van der Waals surface area contributed by atoms with Crippen molar-refractivity contribution in [2.75, 3.05) is 13.2 Å². The molecule has 0 fully saturated rings. The molecular weight excluding hydrogens is 598 g/mol. The first-order chi connectivity index (χ1) is 22.9. The maximum Gasteiger partial charge on any atom is 0.252 e. The molecule has 0 aromatic heterocycles. The van der Waals surface area contributed by atoms with Gasteiger partial charge in [0.05, 0.1) is 6.61 Å². The van der Waals surface area contributed by atoms with E-state index in [-0.39, 0.29) is 31.0 Å². The van der Waals surface area contributed by atoms with Gasteiger partial charge < -0.3 is 19.9 Å². The Hall–Kier alpha value is -5.34. The number of aliphatic hydroxyl groups is 1. The quantitative estimate of drug-likeness (QED) is 0.143. The normalized spacial score (nSPS) is 17.1. The Morgan fingerprint density at radius 2 is 1.49 bits per heavy atom. The third-order valence-corrected chi connectivity index (χ3v) is 8.12. The molecular formula is C39H34F2N2O4. The number of benzene rings is 5. The highest BCUT2D eigenvalue weighted by Gasteiger charge is 2.53. The van der Waals surface area contributed by atoms with E-state index >= 15 is 0 Å². The van der Waals surface area contributed by atoms with Crippen LogP contribution in [0.15, 0.2) is 132 Å². The van der Waals surface area contributed by atoms with Crippen LogP contribution in [0.1, 0.15) is 34.8 Å². The Labute approximate surface area is 272 Å². The van der Waals surface area contributed by atoms with Gasteiger partial charge in [-0.2, -0.15) is 0 Å². The molecule has 5 aromatic carbocycles. The summed E-state index contributed by atoms with van der Waals surface area (Å²) in [5, 5.41) is 12.0. The SMILES string of the molecule is O=C(NCc1ccc(F)cc1F)[C@]1(Cc2ccccc2)N=C(c2ccc(OCCCO)cc2)O[C@@H]1c1ccc(-c2ccccc2)cc1. The maximum atomic E-state index is 14.6. The predicted molar refractivity (Wildman–Crippen MR) is 177 cm³/mol. The fraction of sp³-hybridized carbons (Fsp3) is 0.179. The summed E-state index contributed by atoms with van der Waals surface area (Å²) >= 11 is 0. The molecule has 47 heavy (non-hydrogen) atoms. The number of carbonyl (C=O) groups is 1. The zero-order chi connectivity index (χ0) is 32.6. The Balaban J connectivity index is 1.40. The minimum Gasteiger partial charge on any atom is -0.494 e. The van der Waals surface area contributed by atoms with E-state index in [4.69, 9.17) is 19.6 Å². The molecule has 0 spiro atoms. The maximum absolute atomic E-state index is 14.6. The number of ether oxygens (including phenoxy) is 2. The zero-order valence-corrected chi connectivity index (χ0v) is 25.6. The summed E-state index contributed by atoms with van der Waals surface area (Å²) in [7, 11) is 0. The molecule has 0 bridgehead atoms. The topological polar surface area (TPSA) is 80.2 Å². The summed E-state index contributed by atoms with van der Waals surface area (Å²) in [6.07, 6.45) is -0.120. The zero-order valence-electron chi connectivity index (χ0n) is 25.6. The minimum atomic E-state index is -1.47. The molecule has 1 heterocycles. The van der Waals surface area contributed by atoms with E-state index in [0.29, 0.717) is 24.3 Å². The molecule has 0 aliphatic carbocycles. The number of aliphatic imine (C=N–C) groups is 1. The standard InChI is InChI=1S/C39H34F2N2O4/c40-33-19-16-32(35(41)24-33)26-42-38(45)39(25-27-8-3-1-4-9-27)36(30-14-12-29(13-15-30)28-10-5-2-6-11-28)47-37(43-39)31-17-20-34(21-18-31)46-23-7-22-44/h1-6,8-21,24,36,44H,7,22-23,25-26H2,(H,42,45)/t36-,39-/m1/s1.